The Bertz CT molecular complexity index is 587. The van der Waals surface area contributed by atoms with Crippen LogP contribution in [0.5, 0.6) is 0 Å². The van der Waals surface area contributed by atoms with E-state index >= 15 is 0 Å². The number of nitrogens with zero attached hydrogens (tertiary/aromatic N) is 2. The van der Waals surface area contributed by atoms with E-state index in [2.05, 4.69) is 35.4 Å². The Morgan fingerprint density at radius 2 is 2.21 bits per heavy atom. The third-order valence-corrected chi connectivity index (χ3v) is 4.40. The molecule has 0 fully saturated rings. The largest absolute Gasteiger partial charge is 0.370 e. The lowest BCUT2D eigenvalue weighted by atomic mass is 10.1. The van der Waals surface area contributed by atoms with E-state index in [0.717, 1.165) is 12.1 Å². The van der Waals surface area contributed by atoms with E-state index < -0.39 is 0 Å². The molecule has 1 atom stereocenters. The molecule has 0 radical (unpaired) electrons. The van der Waals surface area contributed by atoms with Gasteiger partial charge >= 0.3 is 0 Å². The molecule has 0 aliphatic heterocycles. The summed E-state index contributed by atoms with van der Waals surface area (Å²) in [6.45, 7) is 2.17. The van der Waals surface area contributed by atoms with Gasteiger partial charge in [0, 0.05) is 24.4 Å². The molecule has 0 saturated carbocycles. The van der Waals surface area contributed by atoms with Crippen LogP contribution in [0.3, 0.4) is 0 Å². The highest BCUT2D eigenvalue weighted by Crippen LogP contribution is 2.28. The molecule has 1 aromatic heterocycles. The molecule has 0 aliphatic rings. The number of halogens is 1. The lowest BCUT2D eigenvalue weighted by Gasteiger charge is -2.27. The van der Waals surface area contributed by atoms with Crippen LogP contribution in [-0.2, 0) is 6.42 Å². The Morgan fingerprint density at radius 1 is 1.42 bits per heavy atom. The lowest BCUT2D eigenvalue weighted by molar-refractivity contribution is 0.688. The molecule has 0 N–H and O–H groups in total. The molecule has 0 saturated heterocycles. The fraction of sp³-hybridized carbons (Fsp3) is 0.267. The second-order valence-electron chi connectivity index (χ2n) is 4.52. The Hall–Kier alpha value is -1.50. The first-order chi connectivity index (χ1) is 9.11. The number of benzene rings is 1. The van der Waals surface area contributed by atoms with Crippen LogP contribution >= 0.6 is 22.9 Å². The Kier molecular flexibility index (Phi) is 4.47. The molecule has 0 spiro atoms. The van der Waals surface area contributed by atoms with Crippen molar-refractivity contribution in [3.05, 3.63) is 51.2 Å². The number of thiophene rings is 1. The van der Waals surface area contributed by atoms with Gasteiger partial charge in [0.1, 0.15) is 0 Å². The van der Waals surface area contributed by atoms with Crippen molar-refractivity contribution in [3.63, 3.8) is 0 Å². The van der Waals surface area contributed by atoms with E-state index in [1.54, 1.807) is 23.5 Å². The Morgan fingerprint density at radius 3 is 2.79 bits per heavy atom. The number of hydrogen-bond donors (Lipinski definition) is 0. The van der Waals surface area contributed by atoms with Crippen molar-refractivity contribution in [2.45, 2.75) is 19.4 Å². The zero-order chi connectivity index (χ0) is 13.8. The third-order valence-electron chi connectivity index (χ3n) is 3.19. The van der Waals surface area contributed by atoms with Crippen molar-refractivity contribution in [2.75, 3.05) is 11.9 Å². The summed E-state index contributed by atoms with van der Waals surface area (Å²) in [7, 11) is 2.03. The summed E-state index contributed by atoms with van der Waals surface area (Å²) in [5.41, 5.74) is 1.55. The van der Waals surface area contributed by atoms with Gasteiger partial charge < -0.3 is 4.90 Å². The molecule has 1 heterocycles. The van der Waals surface area contributed by atoms with E-state index in [-0.39, 0.29) is 0 Å². The second-order valence-corrected chi connectivity index (χ2v) is 5.96. The molecular formula is C15H15ClN2S. The van der Waals surface area contributed by atoms with Crippen LogP contribution in [0, 0.1) is 11.3 Å². The predicted molar refractivity (Wildman–Crippen MR) is 82.1 cm³/mol. The second kappa shape index (κ2) is 6.10. The van der Waals surface area contributed by atoms with Gasteiger partial charge in [-0.25, -0.2) is 0 Å². The zero-order valence-electron chi connectivity index (χ0n) is 10.9. The van der Waals surface area contributed by atoms with Crippen LogP contribution < -0.4 is 4.90 Å². The average molecular weight is 291 g/mol. The van der Waals surface area contributed by atoms with Crippen LogP contribution in [0.1, 0.15) is 17.4 Å². The molecule has 1 aromatic carbocycles. The number of hydrogen-bond acceptors (Lipinski definition) is 3. The van der Waals surface area contributed by atoms with Crippen LogP contribution in [0.25, 0.3) is 0 Å². The van der Waals surface area contributed by atoms with Crippen molar-refractivity contribution >= 4 is 28.6 Å². The third kappa shape index (κ3) is 3.28. The van der Waals surface area contributed by atoms with E-state index in [1.807, 2.05) is 13.1 Å². The van der Waals surface area contributed by atoms with Gasteiger partial charge in [0.05, 0.1) is 22.3 Å². The summed E-state index contributed by atoms with van der Waals surface area (Å²) in [5, 5.41) is 11.6. The summed E-state index contributed by atoms with van der Waals surface area (Å²) < 4.78 is 0. The molecular weight excluding hydrogens is 276 g/mol. The maximum absolute atomic E-state index is 8.85. The molecule has 2 nitrogen and oxygen atoms in total. The zero-order valence-corrected chi connectivity index (χ0v) is 12.5. The summed E-state index contributed by atoms with van der Waals surface area (Å²) in [6, 6.07) is 12.1. The summed E-state index contributed by atoms with van der Waals surface area (Å²) in [6.07, 6.45) is 0.991. The molecule has 4 heteroatoms. The molecule has 1 unspecified atom stereocenters. The van der Waals surface area contributed by atoms with Gasteiger partial charge in [0.2, 0.25) is 0 Å². The van der Waals surface area contributed by atoms with Crippen LogP contribution in [0.2, 0.25) is 5.02 Å². The maximum Gasteiger partial charge on any atom is 0.0992 e. The lowest BCUT2D eigenvalue weighted by Crippen LogP contribution is -2.30. The average Bonchev–Trinajstić information content (AvgIpc) is 2.90. The van der Waals surface area contributed by atoms with Crippen molar-refractivity contribution in [2.24, 2.45) is 0 Å². The van der Waals surface area contributed by atoms with Crippen LogP contribution in [0.4, 0.5) is 5.69 Å². The van der Waals surface area contributed by atoms with E-state index in [1.165, 1.54) is 4.88 Å². The Balaban J connectivity index is 2.15. The van der Waals surface area contributed by atoms with Crippen molar-refractivity contribution in [3.8, 4) is 6.07 Å². The summed E-state index contributed by atoms with van der Waals surface area (Å²) >= 11 is 8.01. The molecule has 0 aliphatic carbocycles. The maximum atomic E-state index is 8.85. The monoisotopic (exact) mass is 290 g/mol. The first-order valence-corrected chi connectivity index (χ1v) is 7.32. The predicted octanol–water partition coefficient (Wildman–Crippen LogP) is 4.34. The molecule has 0 amide bonds. The fourth-order valence-corrected chi connectivity index (χ4v) is 3.10. The van der Waals surface area contributed by atoms with Gasteiger partial charge in [0.25, 0.3) is 0 Å². The summed E-state index contributed by atoms with van der Waals surface area (Å²) in [4.78, 5) is 3.52. The normalized spacial score (nSPS) is 11.9. The Labute approximate surface area is 122 Å². The van der Waals surface area contributed by atoms with Crippen LogP contribution in [0.15, 0.2) is 35.7 Å². The number of anilines is 1. The quantitative estimate of drug-likeness (QED) is 0.837. The topological polar surface area (TPSA) is 27.0 Å². The highest BCUT2D eigenvalue weighted by atomic mass is 35.5. The molecule has 19 heavy (non-hydrogen) atoms. The SMILES string of the molecule is CC(Cc1cccs1)N(C)c1ccc(C#N)cc1Cl. The van der Waals surface area contributed by atoms with Gasteiger partial charge in [0.15, 0.2) is 0 Å². The first-order valence-electron chi connectivity index (χ1n) is 6.06. The molecule has 98 valence electrons. The van der Waals surface area contributed by atoms with E-state index in [0.29, 0.717) is 16.6 Å². The number of likely N-dealkylation sites (N-methyl/N-ethyl adjacent to an activating group) is 1. The van der Waals surface area contributed by atoms with Gasteiger partial charge in [-0.2, -0.15) is 5.26 Å². The minimum atomic E-state index is 0.351. The number of nitriles is 1. The van der Waals surface area contributed by atoms with Gasteiger partial charge in [-0.1, -0.05) is 17.7 Å². The fourth-order valence-electron chi connectivity index (χ4n) is 1.96. The molecule has 2 rings (SSSR count). The van der Waals surface area contributed by atoms with Crippen molar-refractivity contribution in [1.82, 2.24) is 0 Å². The highest BCUT2D eigenvalue weighted by molar-refractivity contribution is 7.09. The van der Waals surface area contributed by atoms with E-state index in [9.17, 15) is 0 Å². The van der Waals surface area contributed by atoms with Gasteiger partial charge in [-0.15, -0.1) is 11.3 Å². The van der Waals surface area contributed by atoms with Crippen molar-refractivity contribution < 1.29 is 0 Å². The number of rotatable bonds is 4. The molecule has 0 bridgehead atoms. The summed E-state index contributed by atoms with van der Waals surface area (Å²) in [5.74, 6) is 0. The minimum absolute atomic E-state index is 0.351. The standard InChI is InChI=1S/C15H15ClN2S/c1-11(8-13-4-3-7-19-13)18(2)15-6-5-12(10-17)9-14(15)16/h3-7,9,11H,8H2,1-2H3. The van der Waals surface area contributed by atoms with E-state index in [4.69, 9.17) is 16.9 Å². The van der Waals surface area contributed by atoms with Gasteiger partial charge in [-0.05, 0) is 36.6 Å². The first kappa shape index (κ1) is 13.9. The molecule has 2 aromatic rings. The van der Waals surface area contributed by atoms with Crippen LogP contribution in [-0.4, -0.2) is 13.1 Å². The highest BCUT2D eigenvalue weighted by Gasteiger charge is 2.14. The minimum Gasteiger partial charge on any atom is -0.370 e. The van der Waals surface area contributed by atoms with Gasteiger partial charge in [-0.3, -0.25) is 0 Å². The smallest absolute Gasteiger partial charge is 0.0992 e. The van der Waals surface area contributed by atoms with Crippen molar-refractivity contribution in [1.29, 1.82) is 5.26 Å².